The van der Waals surface area contributed by atoms with E-state index in [1.807, 2.05) is 46.3 Å². The Bertz CT molecular complexity index is 6200. The number of hydrogen-bond donors (Lipinski definition) is 2. The smallest absolute Gasteiger partial charge is 0.195 e. The minimum Gasteiger partial charge on any atom is -0.550 e. The topological polar surface area (TPSA) is 473 Å². The van der Waals surface area contributed by atoms with Crippen LogP contribution in [-0.4, -0.2) is 124 Å². The minimum absolute atomic E-state index is 0.00822. The van der Waals surface area contributed by atoms with Crippen molar-refractivity contribution in [3.05, 3.63) is 249 Å². The maximum Gasteiger partial charge on any atom is 0.195 e. The molecule has 14 aromatic rings. The number of nitrogens with one attached hydrogen (secondary N) is 2. The molecule has 37 heteroatoms. The molecule has 0 amide bonds. The van der Waals surface area contributed by atoms with Crippen molar-refractivity contribution in [3.8, 4) is 50.5 Å². The average molecular weight is 1770 g/mol. The van der Waals surface area contributed by atoms with Crippen LogP contribution in [0.15, 0.2) is 179 Å². The van der Waals surface area contributed by atoms with Crippen molar-refractivity contribution in [1.29, 1.82) is 0 Å². The number of benzene rings is 6. The molecule has 14 rings (SSSR count). The number of pyridine rings is 1. The normalized spacial score (nSPS) is 10.8. The Morgan fingerprint density at radius 1 is 0.569 bits per heavy atom. The van der Waals surface area contributed by atoms with Gasteiger partial charge < -0.3 is 97.8 Å². The van der Waals surface area contributed by atoms with Crippen LogP contribution in [0.3, 0.4) is 0 Å². The van der Waals surface area contributed by atoms with Crippen LogP contribution in [0.2, 0.25) is 5.02 Å². The maximum atomic E-state index is 11.6. The van der Waals surface area contributed by atoms with Crippen LogP contribution in [0.1, 0.15) is 106 Å². The summed E-state index contributed by atoms with van der Waals surface area (Å²) in [5.41, 5.74) is 8.30. The number of rotatable bonds is 25. The number of unbranched alkanes of at least 4 members (excludes halogenated alkanes) is 1. The molecule has 116 heavy (non-hydrogen) atoms. The fourth-order valence-corrected chi connectivity index (χ4v) is 14.4. The van der Waals surface area contributed by atoms with Crippen molar-refractivity contribution in [1.82, 2.24) is 63.4 Å². The first-order valence-corrected chi connectivity index (χ1v) is 38.1. The summed E-state index contributed by atoms with van der Waals surface area (Å²) >= 11 is 24.7. The second-order valence-electron chi connectivity index (χ2n) is 25.1. The zero-order valence-corrected chi connectivity index (χ0v) is 67.5. The molecule has 8 heterocycles. The van der Waals surface area contributed by atoms with E-state index in [-0.39, 0.29) is 52.3 Å². The zero-order valence-electron chi connectivity index (χ0n) is 61.2. The first kappa shape index (κ1) is 85.6. The van der Waals surface area contributed by atoms with Crippen molar-refractivity contribution in [2.75, 3.05) is 13.2 Å². The SMILES string of the molecule is CCCCn1c(C)c(C(=O)[O-])c2cc(OCC(=O)[O-])c(Br)cc21.Cc1c(C(=O)[O-])c2cc(OCC(=O)[O-])ccc2n1-c1cccc(Cl)c1.Cc1nn(CCC(=O)[O-])c2cc(-c3cccs3)cc(C(=O)[O-])c12.O=C([O-])c1cccc(Cn2c(-c3cncc(Br)c3)n[nH]c2=S)c1.O=C([O-])c1cccc(Cn2c(-c3cnccn3)n[nH]c2=S)c1. The Kier molecular flexibility index (Phi) is 28.6. The monoisotopic (exact) mass is 1770 g/mol. The third kappa shape index (κ3) is 20.9. The predicted molar refractivity (Wildman–Crippen MR) is 420 cm³/mol. The molecule has 0 aliphatic heterocycles. The quantitative estimate of drug-likeness (QED) is 0.0652. The van der Waals surface area contributed by atoms with Gasteiger partial charge in [-0.2, -0.15) is 15.3 Å². The number of nitrogens with zero attached hydrogens (tertiary/aromatic N) is 11. The number of aromatic amines is 2. The van der Waals surface area contributed by atoms with Crippen LogP contribution in [0.25, 0.3) is 71.7 Å². The third-order valence-electron chi connectivity index (χ3n) is 17.3. The molecule has 0 saturated carbocycles. The van der Waals surface area contributed by atoms with Crippen LogP contribution >= 0.6 is 79.2 Å². The Labute approximate surface area is 693 Å². The van der Waals surface area contributed by atoms with E-state index in [0.717, 1.165) is 50.0 Å². The molecule has 6 aromatic carbocycles. The summed E-state index contributed by atoms with van der Waals surface area (Å²) in [4.78, 5) is 102. The molecule has 0 bridgehead atoms. The fourth-order valence-electron chi connectivity index (χ4n) is 12.3. The van der Waals surface area contributed by atoms with Crippen molar-refractivity contribution in [3.63, 3.8) is 0 Å². The van der Waals surface area contributed by atoms with Gasteiger partial charge in [0.15, 0.2) is 21.2 Å². The van der Waals surface area contributed by atoms with E-state index in [0.29, 0.717) is 106 Å². The Hall–Kier alpha value is -12.9. The molecule has 0 aliphatic carbocycles. The average Bonchev–Trinajstić information content (AvgIpc) is 1.90. The summed E-state index contributed by atoms with van der Waals surface area (Å²) in [5.74, 6) is -8.57. The van der Waals surface area contributed by atoms with Crippen molar-refractivity contribution in [2.24, 2.45) is 0 Å². The molecular weight excluding hydrogens is 1710 g/mol. The van der Waals surface area contributed by atoms with Crippen molar-refractivity contribution in [2.45, 2.75) is 73.1 Å². The Morgan fingerprint density at radius 2 is 1.20 bits per heavy atom. The van der Waals surface area contributed by atoms with Gasteiger partial charge in [-0.25, -0.2) is 4.98 Å². The largest absolute Gasteiger partial charge is 0.550 e. The molecule has 0 unspecified atom stereocenters. The second kappa shape index (κ2) is 38.8. The first-order chi connectivity index (χ1) is 55.4. The lowest BCUT2D eigenvalue weighted by molar-refractivity contribution is -0.308. The van der Waals surface area contributed by atoms with Gasteiger partial charge in [-0.3, -0.25) is 34.0 Å². The molecule has 0 radical (unpaired) electrons. The number of aromatic nitrogens is 13. The van der Waals surface area contributed by atoms with Gasteiger partial charge in [-0.15, -0.1) is 11.3 Å². The number of H-pyrrole nitrogens is 2. The molecule has 596 valence electrons. The number of halogens is 3. The Morgan fingerprint density at radius 3 is 1.78 bits per heavy atom. The van der Waals surface area contributed by atoms with E-state index in [1.54, 1.807) is 138 Å². The third-order valence-corrected chi connectivity index (χ3v) is 20.2. The van der Waals surface area contributed by atoms with E-state index in [1.165, 1.54) is 40.3 Å². The number of thiophene rings is 1. The number of hydrogen-bond acceptors (Lipinski definition) is 27. The molecule has 0 saturated heterocycles. The summed E-state index contributed by atoms with van der Waals surface area (Å²) in [6.07, 6.45) is 9.78. The number of aromatic carboxylic acids is 5. The van der Waals surface area contributed by atoms with Gasteiger partial charge >= 0.3 is 0 Å². The van der Waals surface area contributed by atoms with Crippen LogP contribution in [0.4, 0.5) is 0 Å². The lowest BCUT2D eigenvalue weighted by Crippen LogP contribution is -2.29. The van der Waals surface area contributed by atoms with Crippen molar-refractivity contribution >= 4 is 160 Å². The molecule has 8 aromatic heterocycles. The lowest BCUT2D eigenvalue weighted by atomic mass is 10.0. The number of ether oxygens (including phenoxy) is 2. The molecule has 0 aliphatic rings. The van der Waals surface area contributed by atoms with Gasteiger partial charge in [0, 0.05) is 120 Å². The molecule has 0 atom stereocenters. The van der Waals surface area contributed by atoms with E-state index in [9.17, 15) is 79.2 Å². The van der Waals surface area contributed by atoms with Crippen LogP contribution in [0.5, 0.6) is 11.5 Å². The molecule has 2 N–H and O–H groups in total. The molecule has 0 spiro atoms. The van der Waals surface area contributed by atoms with Crippen LogP contribution < -0.4 is 50.3 Å². The summed E-state index contributed by atoms with van der Waals surface area (Å²) in [5, 5.41) is 110. The van der Waals surface area contributed by atoms with Crippen LogP contribution in [-0.2, 0) is 40.6 Å². The van der Waals surface area contributed by atoms with Gasteiger partial charge in [-0.1, -0.05) is 73.5 Å². The second-order valence-corrected chi connectivity index (χ2v) is 29.0. The predicted octanol–water partition coefficient (Wildman–Crippen LogP) is 5.65. The maximum absolute atomic E-state index is 11.6. The highest BCUT2D eigenvalue weighted by atomic mass is 79.9. The fraction of sp³-hybridized carbons (Fsp3) is 0.165. The highest BCUT2D eigenvalue weighted by Crippen LogP contribution is 2.37. The Balaban J connectivity index is 0.000000153. The van der Waals surface area contributed by atoms with Gasteiger partial charge in [-0.05, 0) is 202 Å². The van der Waals surface area contributed by atoms with Crippen molar-refractivity contribution < 1.29 is 88.7 Å². The molecule has 31 nitrogen and oxygen atoms in total. The zero-order chi connectivity index (χ0) is 83.8. The lowest BCUT2D eigenvalue weighted by Gasteiger charge is -2.11. The highest BCUT2D eigenvalue weighted by molar-refractivity contribution is 9.10. The standard InChI is InChI=1S/C18H14ClNO5.C16H18BrNO5.C16H14N2O4S.C15H11BrN4O2S.C14H11N5O2S/c1-10-17(18(23)24)14-8-13(25-9-16(21)22)5-6-15(14)20(10)12-4-2-3-11(19)7-12;1-3-4-5-18-9(2)15(16(21)22)10-6-13(23-8-14(19)20)11(17)7-12(10)18;1-9-15-11(16(21)22)7-10(13-3-2-6-23-13)8-12(15)18(17-9)5-4-14(19)20;16-12-5-11(6-17-7-12)13-18-19-15(23)20(13)8-9-2-1-3-10(4-9)14(21)22;20-13(21)10-3-1-2-9(6-10)8-19-12(17-18-14(19)22)11-7-15-4-5-16-11/h2-8H,9H2,1H3,(H,21,22)(H,23,24);6-7H,3-5,8H2,1-2H3,(H,19,20)(H,21,22);2-3,6-8H,4-5H2,1H3,(H,19,20)(H,21,22);1-7H,8H2,(H,19,23)(H,21,22);1-7H,8H2,(H,18,22)(H,20,21)/p-8. The van der Waals surface area contributed by atoms with Crippen LogP contribution in [0, 0.1) is 30.3 Å². The number of aliphatic carboxylic acids is 3. The van der Waals surface area contributed by atoms with Gasteiger partial charge in [0.1, 0.15) is 30.4 Å². The van der Waals surface area contributed by atoms with E-state index in [2.05, 4.69) is 79.2 Å². The molecular formula is C79H60Br2ClN13O18S3-8. The number of carbonyl (C=O) groups excluding carboxylic acids is 8. The van der Waals surface area contributed by atoms with E-state index >= 15 is 0 Å². The van der Waals surface area contributed by atoms with Gasteiger partial charge in [0.25, 0.3) is 0 Å². The highest BCUT2D eigenvalue weighted by Gasteiger charge is 2.22. The minimum atomic E-state index is -1.37. The molecule has 0 fully saturated rings. The van der Waals surface area contributed by atoms with E-state index < -0.39 is 61.0 Å². The van der Waals surface area contributed by atoms with E-state index in [4.69, 9.17) is 45.5 Å². The number of carboxylic acid groups (broad SMARTS) is 8. The van der Waals surface area contributed by atoms with Gasteiger partial charge in [0.05, 0.1) is 87.8 Å². The first-order valence-electron chi connectivity index (χ1n) is 34.5. The number of carbonyl (C=O) groups is 8. The number of carboxylic acids is 8. The summed E-state index contributed by atoms with van der Waals surface area (Å²) < 4.78 is 21.1. The number of aryl methyl sites for hydroxylation is 3. The summed E-state index contributed by atoms with van der Waals surface area (Å²) in [7, 11) is 0. The van der Waals surface area contributed by atoms with Gasteiger partial charge in [0.2, 0.25) is 0 Å². The number of fused-ring (bicyclic) bond motifs is 3. The summed E-state index contributed by atoms with van der Waals surface area (Å²) in [6.45, 7) is 7.47. The summed E-state index contributed by atoms with van der Waals surface area (Å²) in [6, 6.07) is 37.0.